The summed E-state index contributed by atoms with van der Waals surface area (Å²) in [5.41, 5.74) is 0. The van der Waals surface area contributed by atoms with Crippen molar-refractivity contribution in [3.63, 3.8) is 0 Å². The van der Waals surface area contributed by atoms with E-state index in [0.29, 0.717) is 32.8 Å². The highest BCUT2D eigenvalue weighted by Crippen LogP contribution is 2.16. The Hall–Kier alpha value is -2.28. The highest BCUT2D eigenvalue weighted by molar-refractivity contribution is 5.81. The van der Waals surface area contributed by atoms with Gasteiger partial charge in [-0.3, -0.25) is 9.59 Å². The summed E-state index contributed by atoms with van der Waals surface area (Å²) in [5, 5.41) is 2.82. The fraction of sp³-hybridized carbons (Fsp3) is 0.556. The lowest BCUT2D eigenvalue weighted by atomic mass is 10.2. The maximum atomic E-state index is 11.9. The molecule has 2 rings (SSSR count). The highest BCUT2D eigenvalue weighted by atomic mass is 16.5. The summed E-state index contributed by atoms with van der Waals surface area (Å²) in [6.07, 6.45) is 1.34. The second kappa shape index (κ2) is 9.88. The molecule has 0 saturated carbocycles. The third-order valence-corrected chi connectivity index (χ3v) is 4.04. The number of carbonyl (C=O) groups excluding carboxylic acids is 2. The first-order valence-corrected chi connectivity index (χ1v) is 8.52. The number of nitrogens with zero attached hydrogens (tertiary/aromatic N) is 1. The molecule has 1 aromatic rings. The zero-order chi connectivity index (χ0) is 18.1. The van der Waals surface area contributed by atoms with Crippen molar-refractivity contribution in [2.45, 2.75) is 25.9 Å². The van der Waals surface area contributed by atoms with Crippen LogP contribution in [0.2, 0.25) is 0 Å². The predicted octanol–water partition coefficient (Wildman–Crippen LogP) is 1.22. The maximum Gasteiger partial charge on any atom is 0.249 e. The van der Waals surface area contributed by atoms with Crippen LogP contribution < -0.4 is 14.8 Å². The van der Waals surface area contributed by atoms with Crippen LogP contribution in [0.25, 0.3) is 0 Å². The summed E-state index contributed by atoms with van der Waals surface area (Å²) in [4.78, 5) is 25.2. The van der Waals surface area contributed by atoms with E-state index in [0.717, 1.165) is 24.3 Å². The first-order valence-electron chi connectivity index (χ1n) is 8.52. The van der Waals surface area contributed by atoms with E-state index < -0.39 is 0 Å². The minimum atomic E-state index is -0.343. The number of hydrogen-bond donors (Lipinski definition) is 1. The zero-order valence-corrected chi connectivity index (χ0v) is 14.8. The molecule has 7 nitrogen and oxygen atoms in total. The Balaban J connectivity index is 1.68. The van der Waals surface area contributed by atoms with E-state index in [1.807, 2.05) is 24.3 Å². The molecule has 1 aliphatic rings. The molecule has 0 spiro atoms. The van der Waals surface area contributed by atoms with Crippen LogP contribution in [0.4, 0.5) is 0 Å². The van der Waals surface area contributed by atoms with Gasteiger partial charge in [-0.25, -0.2) is 0 Å². The molecule has 1 N–H and O–H groups in total. The maximum absolute atomic E-state index is 11.9. The van der Waals surface area contributed by atoms with Gasteiger partial charge in [-0.2, -0.15) is 0 Å². The number of methoxy groups -OCH3 is 1. The van der Waals surface area contributed by atoms with Crippen molar-refractivity contribution in [2.75, 3.05) is 40.0 Å². The number of ether oxygens (including phenoxy) is 3. The third kappa shape index (κ3) is 6.26. The van der Waals surface area contributed by atoms with E-state index >= 15 is 0 Å². The average Bonchev–Trinajstić information content (AvgIpc) is 3.15. The molecule has 25 heavy (non-hydrogen) atoms. The Kier molecular flexibility index (Phi) is 7.53. The van der Waals surface area contributed by atoms with Crippen molar-refractivity contribution < 1.29 is 23.8 Å². The van der Waals surface area contributed by atoms with Crippen LogP contribution >= 0.6 is 0 Å². The third-order valence-electron chi connectivity index (χ3n) is 4.04. The normalized spacial score (nSPS) is 16.3. The Morgan fingerprint density at radius 2 is 1.96 bits per heavy atom. The van der Waals surface area contributed by atoms with Crippen molar-refractivity contribution >= 4 is 11.8 Å². The molecular weight excluding hydrogens is 324 g/mol. The smallest absolute Gasteiger partial charge is 0.249 e. The lowest BCUT2D eigenvalue weighted by molar-refractivity contribution is -0.132. The first-order chi connectivity index (χ1) is 12.1. The predicted molar refractivity (Wildman–Crippen MR) is 92.7 cm³/mol. The van der Waals surface area contributed by atoms with Gasteiger partial charge in [0.15, 0.2) is 0 Å². The fourth-order valence-electron chi connectivity index (χ4n) is 2.58. The first kappa shape index (κ1) is 19.1. The number of rotatable bonds is 9. The monoisotopic (exact) mass is 350 g/mol. The van der Waals surface area contributed by atoms with E-state index in [9.17, 15) is 9.59 Å². The van der Waals surface area contributed by atoms with E-state index in [-0.39, 0.29) is 17.9 Å². The Bertz CT molecular complexity index is 555. The van der Waals surface area contributed by atoms with Crippen molar-refractivity contribution in [3.05, 3.63) is 24.3 Å². The summed E-state index contributed by atoms with van der Waals surface area (Å²) in [5.74, 6) is 1.33. The van der Waals surface area contributed by atoms with Crippen molar-refractivity contribution in [2.24, 2.45) is 0 Å². The van der Waals surface area contributed by atoms with Gasteiger partial charge in [0.05, 0.1) is 13.7 Å². The van der Waals surface area contributed by atoms with Gasteiger partial charge in [0.1, 0.15) is 24.2 Å². The quantitative estimate of drug-likeness (QED) is 0.725. The van der Waals surface area contributed by atoms with E-state index in [4.69, 9.17) is 14.2 Å². The standard InChI is InChI=1S/C18H26N2O5/c1-14(21)20(10-9-19-18(22)17-4-3-12-25-17)11-13-24-16-7-5-15(23-2)6-8-16/h5-8,17H,3-4,9-13H2,1-2H3,(H,19,22). The summed E-state index contributed by atoms with van der Waals surface area (Å²) < 4.78 is 16.1. The molecule has 138 valence electrons. The summed E-state index contributed by atoms with van der Waals surface area (Å²) >= 11 is 0. The zero-order valence-electron chi connectivity index (χ0n) is 14.8. The molecular formula is C18H26N2O5. The summed E-state index contributed by atoms with van der Waals surface area (Å²) in [7, 11) is 1.61. The highest BCUT2D eigenvalue weighted by Gasteiger charge is 2.23. The molecule has 1 saturated heterocycles. The largest absolute Gasteiger partial charge is 0.497 e. The molecule has 1 heterocycles. The topological polar surface area (TPSA) is 77.1 Å². The number of carbonyl (C=O) groups is 2. The van der Waals surface area contributed by atoms with Gasteiger partial charge < -0.3 is 24.4 Å². The fourth-order valence-corrected chi connectivity index (χ4v) is 2.58. The minimum Gasteiger partial charge on any atom is -0.497 e. The molecule has 0 aliphatic carbocycles. The van der Waals surface area contributed by atoms with Crippen LogP contribution in [0.1, 0.15) is 19.8 Å². The van der Waals surface area contributed by atoms with Crippen LogP contribution in [0.5, 0.6) is 11.5 Å². The average molecular weight is 350 g/mol. The van der Waals surface area contributed by atoms with Gasteiger partial charge in [-0.15, -0.1) is 0 Å². The van der Waals surface area contributed by atoms with Gasteiger partial charge in [-0.05, 0) is 37.1 Å². The lowest BCUT2D eigenvalue weighted by Gasteiger charge is -2.22. The molecule has 1 unspecified atom stereocenters. The number of hydrogen-bond acceptors (Lipinski definition) is 5. The van der Waals surface area contributed by atoms with Gasteiger partial charge >= 0.3 is 0 Å². The second-order valence-corrected chi connectivity index (χ2v) is 5.82. The van der Waals surface area contributed by atoms with E-state index in [1.54, 1.807) is 12.0 Å². The van der Waals surface area contributed by atoms with Gasteiger partial charge in [-0.1, -0.05) is 0 Å². The van der Waals surface area contributed by atoms with E-state index in [2.05, 4.69) is 5.32 Å². The molecule has 0 radical (unpaired) electrons. The molecule has 1 aromatic carbocycles. The van der Waals surface area contributed by atoms with Crippen LogP contribution in [0.3, 0.4) is 0 Å². The molecule has 7 heteroatoms. The van der Waals surface area contributed by atoms with Crippen LogP contribution in [-0.2, 0) is 14.3 Å². The molecule has 1 aliphatic heterocycles. The Labute approximate surface area is 148 Å². The number of nitrogens with one attached hydrogen (secondary N) is 1. The summed E-state index contributed by atoms with van der Waals surface area (Å²) in [6, 6.07) is 7.27. The molecule has 2 amide bonds. The minimum absolute atomic E-state index is 0.0512. The second-order valence-electron chi connectivity index (χ2n) is 5.82. The molecule has 0 bridgehead atoms. The number of amides is 2. The van der Waals surface area contributed by atoms with E-state index in [1.165, 1.54) is 6.92 Å². The molecule has 1 fully saturated rings. The molecule has 0 aromatic heterocycles. The number of benzene rings is 1. The van der Waals surface area contributed by atoms with Gasteiger partial charge in [0.2, 0.25) is 11.8 Å². The van der Waals surface area contributed by atoms with Gasteiger partial charge in [0.25, 0.3) is 0 Å². The SMILES string of the molecule is COc1ccc(OCCN(CCNC(=O)C2CCCO2)C(C)=O)cc1. The lowest BCUT2D eigenvalue weighted by Crippen LogP contribution is -2.42. The van der Waals surface area contributed by atoms with Crippen molar-refractivity contribution in [3.8, 4) is 11.5 Å². The summed E-state index contributed by atoms with van der Waals surface area (Å²) in [6.45, 7) is 3.83. The molecule has 1 atom stereocenters. The van der Waals surface area contributed by atoms with Crippen molar-refractivity contribution in [1.29, 1.82) is 0 Å². The Morgan fingerprint density at radius 1 is 1.24 bits per heavy atom. The van der Waals surface area contributed by atoms with Crippen LogP contribution in [0, 0.1) is 0 Å². The van der Waals surface area contributed by atoms with Gasteiger partial charge in [0, 0.05) is 26.6 Å². The van der Waals surface area contributed by atoms with Crippen LogP contribution in [0.15, 0.2) is 24.3 Å². The Morgan fingerprint density at radius 3 is 2.56 bits per heavy atom. The van der Waals surface area contributed by atoms with Crippen molar-refractivity contribution in [1.82, 2.24) is 10.2 Å². The van der Waals surface area contributed by atoms with Crippen LogP contribution in [-0.4, -0.2) is 62.8 Å².